The van der Waals surface area contributed by atoms with Crippen LogP contribution in [0.4, 0.5) is 0 Å². The number of hydrazine groups is 1. The second kappa shape index (κ2) is 6.13. The Kier molecular flexibility index (Phi) is 3.76. The molecule has 27 heavy (non-hydrogen) atoms. The Labute approximate surface area is 152 Å². The Balaban J connectivity index is 1.63. The van der Waals surface area contributed by atoms with Gasteiger partial charge in [0, 0.05) is 0 Å². The number of amides is 2. The number of nitrogens with one attached hydrogen (secondary N) is 3. The smallest absolute Gasteiger partial charge is 0.275 e. The Hall–Kier alpha value is -3.88. The third-order valence-electron chi connectivity index (χ3n) is 4.20. The zero-order valence-electron chi connectivity index (χ0n) is 14.5. The first-order valence-corrected chi connectivity index (χ1v) is 8.12. The second-order valence-electron chi connectivity index (χ2n) is 6.03. The molecular weight excluding hydrogens is 350 g/mol. The topological polar surface area (TPSA) is 121 Å². The summed E-state index contributed by atoms with van der Waals surface area (Å²) in [4.78, 5) is 39.5. The molecule has 9 nitrogen and oxygen atoms in total. The zero-order valence-corrected chi connectivity index (χ0v) is 14.5. The number of aromatic amines is 1. The predicted molar refractivity (Wildman–Crippen MR) is 96.4 cm³/mol. The molecule has 0 atom stereocenters. The number of fused-ring (bicyclic) bond motifs is 3. The van der Waals surface area contributed by atoms with Gasteiger partial charge in [0.1, 0.15) is 22.7 Å². The molecule has 0 radical (unpaired) electrons. The van der Waals surface area contributed by atoms with E-state index in [1.807, 2.05) is 0 Å². The van der Waals surface area contributed by atoms with Gasteiger partial charge in [-0.15, -0.1) is 0 Å². The highest BCUT2D eigenvalue weighted by Gasteiger charge is 2.18. The van der Waals surface area contributed by atoms with Crippen LogP contribution in [0.2, 0.25) is 0 Å². The van der Waals surface area contributed by atoms with E-state index in [1.165, 1.54) is 10.7 Å². The van der Waals surface area contributed by atoms with E-state index >= 15 is 0 Å². The van der Waals surface area contributed by atoms with Gasteiger partial charge in [-0.2, -0.15) is 5.10 Å². The first-order chi connectivity index (χ1) is 13.0. The van der Waals surface area contributed by atoms with Gasteiger partial charge in [0.25, 0.3) is 17.4 Å². The highest BCUT2D eigenvalue weighted by atomic mass is 16.3. The molecule has 3 aromatic heterocycles. The number of benzene rings is 1. The summed E-state index contributed by atoms with van der Waals surface area (Å²) < 4.78 is 6.77. The van der Waals surface area contributed by atoms with Gasteiger partial charge < -0.3 is 9.40 Å². The summed E-state index contributed by atoms with van der Waals surface area (Å²) in [7, 11) is 0. The van der Waals surface area contributed by atoms with E-state index in [0.717, 1.165) is 0 Å². The number of carbonyl (C=O) groups is 2. The molecule has 1 aromatic carbocycles. The molecule has 0 aliphatic carbocycles. The molecule has 4 aromatic rings. The summed E-state index contributed by atoms with van der Waals surface area (Å²) in [5.41, 5.74) is 5.58. The number of aromatic nitrogens is 3. The van der Waals surface area contributed by atoms with Crippen LogP contribution in [0.25, 0.3) is 16.6 Å². The first kappa shape index (κ1) is 16.6. The zero-order chi connectivity index (χ0) is 19.1. The molecular formula is C18H15N5O4. The van der Waals surface area contributed by atoms with Gasteiger partial charge in [-0.25, -0.2) is 4.52 Å². The van der Waals surface area contributed by atoms with Gasteiger partial charge in [0.2, 0.25) is 0 Å². The van der Waals surface area contributed by atoms with Gasteiger partial charge >= 0.3 is 0 Å². The van der Waals surface area contributed by atoms with Crippen LogP contribution < -0.4 is 16.4 Å². The number of nitrogens with zero attached hydrogens (tertiary/aromatic N) is 2. The van der Waals surface area contributed by atoms with Gasteiger partial charge in [-0.3, -0.25) is 25.2 Å². The average molecular weight is 365 g/mol. The molecule has 3 N–H and O–H groups in total. The van der Waals surface area contributed by atoms with Crippen LogP contribution in [0, 0.1) is 13.8 Å². The summed E-state index contributed by atoms with van der Waals surface area (Å²) in [6.45, 7) is 3.38. The lowest BCUT2D eigenvalue weighted by Gasteiger charge is -2.06. The maximum atomic E-state index is 12.5. The summed E-state index contributed by atoms with van der Waals surface area (Å²) in [6.07, 6.45) is 1.33. The lowest BCUT2D eigenvalue weighted by atomic mass is 10.2. The molecule has 0 fully saturated rings. The maximum absolute atomic E-state index is 12.5. The molecule has 0 aliphatic rings. The largest absolute Gasteiger partial charge is 0.466 e. The average Bonchev–Trinajstić information content (AvgIpc) is 3.22. The maximum Gasteiger partial charge on any atom is 0.275 e. The molecule has 0 aliphatic heterocycles. The number of hydrogen-bond acceptors (Lipinski definition) is 5. The van der Waals surface area contributed by atoms with Crippen LogP contribution in [0.1, 0.15) is 32.2 Å². The fourth-order valence-electron chi connectivity index (χ4n) is 2.95. The van der Waals surface area contributed by atoms with E-state index in [-0.39, 0.29) is 16.8 Å². The molecule has 0 saturated heterocycles. The lowest BCUT2D eigenvalue weighted by molar-refractivity contribution is 0.0846. The minimum Gasteiger partial charge on any atom is -0.466 e. The van der Waals surface area contributed by atoms with E-state index < -0.39 is 11.8 Å². The molecule has 0 unspecified atom stereocenters. The Morgan fingerprint density at radius 3 is 2.52 bits per heavy atom. The molecule has 0 bridgehead atoms. The van der Waals surface area contributed by atoms with Crippen molar-refractivity contribution in [2.45, 2.75) is 13.8 Å². The third kappa shape index (κ3) is 2.74. The monoisotopic (exact) mass is 365 g/mol. The molecule has 2 amide bonds. The summed E-state index contributed by atoms with van der Waals surface area (Å²) >= 11 is 0. The molecule has 0 spiro atoms. The quantitative estimate of drug-likeness (QED) is 0.464. The van der Waals surface area contributed by atoms with Gasteiger partial charge in [0.15, 0.2) is 0 Å². The van der Waals surface area contributed by atoms with Gasteiger partial charge in [-0.05, 0) is 32.0 Å². The molecule has 136 valence electrons. The summed E-state index contributed by atoms with van der Waals surface area (Å²) in [6, 6.07) is 8.51. The molecule has 0 saturated carbocycles. The number of rotatable bonds is 2. The third-order valence-corrected chi connectivity index (χ3v) is 4.20. The van der Waals surface area contributed by atoms with Crippen LogP contribution in [-0.4, -0.2) is 26.4 Å². The predicted octanol–water partition coefficient (Wildman–Crippen LogP) is 1.46. The van der Waals surface area contributed by atoms with Crippen LogP contribution in [-0.2, 0) is 0 Å². The van der Waals surface area contributed by atoms with E-state index in [9.17, 15) is 14.4 Å². The minimum absolute atomic E-state index is 0.123. The summed E-state index contributed by atoms with van der Waals surface area (Å²) in [5, 5.41) is 4.63. The fourth-order valence-corrected chi connectivity index (χ4v) is 2.95. The van der Waals surface area contributed by atoms with Crippen LogP contribution in [0.15, 0.2) is 45.7 Å². The summed E-state index contributed by atoms with van der Waals surface area (Å²) in [5.74, 6) is -0.0719. The highest BCUT2D eigenvalue weighted by molar-refractivity contribution is 6.03. The SMILES string of the molecule is Cc1cc(C(=O)NNC(=O)c2cnn3c2[nH]c(=O)c2ccccc23)c(C)o1. The lowest BCUT2D eigenvalue weighted by Crippen LogP contribution is -2.41. The normalized spacial score (nSPS) is 11.0. The van der Waals surface area contributed by atoms with Crippen molar-refractivity contribution in [3.05, 3.63) is 69.5 Å². The van der Waals surface area contributed by atoms with Gasteiger partial charge in [-0.1, -0.05) is 12.1 Å². The first-order valence-electron chi connectivity index (χ1n) is 8.12. The Morgan fingerprint density at radius 2 is 1.81 bits per heavy atom. The van der Waals surface area contributed by atoms with Crippen LogP contribution in [0.3, 0.4) is 0 Å². The van der Waals surface area contributed by atoms with E-state index in [1.54, 1.807) is 44.2 Å². The van der Waals surface area contributed by atoms with Crippen molar-refractivity contribution in [1.29, 1.82) is 0 Å². The van der Waals surface area contributed by atoms with Crippen molar-refractivity contribution in [2.24, 2.45) is 0 Å². The fraction of sp³-hybridized carbons (Fsp3) is 0.111. The number of para-hydroxylation sites is 1. The van der Waals surface area contributed by atoms with Crippen molar-refractivity contribution in [3.8, 4) is 0 Å². The van der Waals surface area contributed by atoms with E-state index in [0.29, 0.717) is 28.0 Å². The van der Waals surface area contributed by atoms with Crippen molar-refractivity contribution in [1.82, 2.24) is 25.4 Å². The van der Waals surface area contributed by atoms with Crippen molar-refractivity contribution in [2.75, 3.05) is 0 Å². The standard InChI is InChI=1S/C18H15N5O4/c1-9-7-12(10(2)27-9)17(25)21-22-18(26)13-8-19-23-14-6-4-3-5-11(14)16(24)20-15(13)23/h3-8H,1-2H3,(H,20,24)(H,21,25)(H,22,26). The molecule has 4 rings (SSSR count). The van der Waals surface area contributed by atoms with Crippen molar-refractivity contribution < 1.29 is 14.0 Å². The molecule has 3 heterocycles. The van der Waals surface area contributed by atoms with Crippen molar-refractivity contribution in [3.63, 3.8) is 0 Å². The highest BCUT2D eigenvalue weighted by Crippen LogP contribution is 2.15. The van der Waals surface area contributed by atoms with E-state index in [2.05, 4.69) is 20.9 Å². The number of carbonyl (C=O) groups excluding carboxylic acids is 2. The van der Waals surface area contributed by atoms with Crippen molar-refractivity contribution >= 4 is 28.4 Å². The van der Waals surface area contributed by atoms with Crippen LogP contribution >= 0.6 is 0 Å². The minimum atomic E-state index is -0.609. The Bertz CT molecular complexity index is 1260. The Morgan fingerprint density at radius 1 is 1.11 bits per heavy atom. The van der Waals surface area contributed by atoms with Gasteiger partial charge in [0.05, 0.1) is 22.7 Å². The molecule has 9 heteroatoms. The van der Waals surface area contributed by atoms with Crippen LogP contribution in [0.5, 0.6) is 0 Å². The number of furan rings is 1. The second-order valence-corrected chi connectivity index (χ2v) is 6.03. The number of hydrogen-bond donors (Lipinski definition) is 3. The number of aryl methyl sites for hydroxylation is 2. The number of H-pyrrole nitrogens is 1. The van der Waals surface area contributed by atoms with E-state index in [4.69, 9.17) is 4.42 Å².